The molecule has 0 radical (unpaired) electrons. The van der Waals surface area contributed by atoms with Gasteiger partial charge in [0, 0.05) is 17.7 Å². The first kappa shape index (κ1) is 25.1. The average molecular weight is 455 g/mol. The standard InChI is InChI=1S/C23H25N3O7/c1-3-4-12-33-19-10-8-17(9-11-19)21(27)25-20(22(28)24-15(2)23(29)30)14-16-6-5-7-18(13-16)26(31)32/h5-11,13-15H,3-4,12H2,1-2H3,(H,24,28)(H,25,27)(H,29,30). The lowest BCUT2D eigenvalue weighted by Crippen LogP contribution is -2.42. The molecule has 2 aromatic rings. The van der Waals surface area contributed by atoms with Crippen molar-refractivity contribution in [1.82, 2.24) is 10.6 Å². The number of carbonyl (C=O) groups excluding carboxylic acids is 2. The summed E-state index contributed by atoms with van der Waals surface area (Å²) >= 11 is 0. The van der Waals surface area contributed by atoms with Gasteiger partial charge in [-0.05, 0) is 49.2 Å². The van der Waals surface area contributed by atoms with Crippen LogP contribution in [0.4, 0.5) is 5.69 Å². The van der Waals surface area contributed by atoms with Gasteiger partial charge in [-0.3, -0.25) is 24.5 Å². The Bertz CT molecular complexity index is 1050. The van der Waals surface area contributed by atoms with Crippen molar-refractivity contribution in [2.24, 2.45) is 0 Å². The molecule has 174 valence electrons. The van der Waals surface area contributed by atoms with Crippen molar-refractivity contribution in [3.63, 3.8) is 0 Å². The maximum Gasteiger partial charge on any atom is 0.325 e. The predicted octanol–water partition coefficient (Wildman–Crippen LogP) is 3.13. The normalized spacial score (nSPS) is 11.9. The molecule has 0 heterocycles. The monoisotopic (exact) mass is 455 g/mol. The van der Waals surface area contributed by atoms with E-state index in [1.54, 1.807) is 12.1 Å². The molecule has 2 aromatic carbocycles. The average Bonchev–Trinajstić information content (AvgIpc) is 2.79. The summed E-state index contributed by atoms with van der Waals surface area (Å²) < 4.78 is 5.56. The number of unbranched alkanes of at least 4 members (excludes halogenated alkanes) is 1. The van der Waals surface area contributed by atoms with Gasteiger partial charge in [-0.25, -0.2) is 0 Å². The molecule has 3 N–H and O–H groups in total. The van der Waals surface area contributed by atoms with Gasteiger partial charge in [0.05, 0.1) is 11.5 Å². The van der Waals surface area contributed by atoms with Gasteiger partial charge < -0.3 is 20.5 Å². The number of nitrogens with zero attached hydrogens (tertiary/aromatic N) is 1. The summed E-state index contributed by atoms with van der Waals surface area (Å²) in [5, 5.41) is 24.8. The molecule has 0 saturated heterocycles. The van der Waals surface area contributed by atoms with E-state index in [1.807, 2.05) is 6.92 Å². The molecule has 0 aromatic heterocycles. The second kappa shape index (κ2) is 12.0. The Morgan fingerprint density at radius 3 is 2.48 bits per heavy atom. The van der Waals surface area contributed by atoms with Gasteiger partial charge >= 0.3 is 5.97 Å². The van der Waals surface area contributed by atoms with Gasteiger partial charge in [-0.2, -0.15) is 0 Å². The third-order valence-corrected chi connectivity index (χ3v) is 4.49. The van der Waals surface area contributed by atoms with Gasteiger partial charge in [0.15, 0.2) is 0 Å². The number of hydrogen-bond acceptors (Lipinski definition) is 6. The van der Waals surface area contributed by atoms with Crippen LogP contribution in [0.5, 0.6) is 5.75 Å². The molecule has 0 saturated carbocycles. The van der Waals surface area contributed by atoms with Crippen LogP contribution in [0, 0.1) is 10.1 Å². The number of carboxylic acid groups (broad SMARTS) is 1. The molecular formula is C23H25N3O7. The van der Waals surface area contributed by atoms with Crippen LogP contribution < -0.4 is 15.4 Å². The van der Waals surface area contributed by atoms with Crippen molar-refractivity contribution < 1.29 is 29.2 Å². The Kier molecular flexibility index (Phi) is 9.10. The van der Waals surface area contributed by atoms with Crippen molar-refractivity contribution in [3.05, 3.63) is 75.5 Å². The molecule has 0 bridgehead atoms. The summed E-state index contributed by atoms with van der Waals surface area (Å²) in [5.41, 5.74) is 0.0448. The third-order valence-electron chi connectivity index (χ3n) is 4.49. The van der Waals surface area contributed by atoms with E-state index in [-0.39, 0.29) is 22.5 Å². The Morgan fingerprint density at radius 1 is 1.18 bits per heavy atom. The molecule has 0 fully saturated rings. The number of benzene rings is 2. The maximum atomic E-state index is 12.7. The van der Waals surface area contributed by atoms with E-state index in [9.17, 15) is 24.5 Å². The van der Waals surface area contributed by atoms with Crippen molar-refractivity contribution in [2.45, 2.75) is 32.7 Å². The second-order valence-corrected chi connectivity index (χ2v) is 7.12. The number of nitrogens with one attached hydrogen (secondary N) is 2. The number of carboxylic acids is 1. The Balaban J connectivity index is 2.27. The topological polar surface area (TPSA) is 148 Å². The first-order valence-electron chi connectivity index (χ1n) is 10.2. The van der Waals surface area contributed by atoms with E-state index in [0.717, 1.165) is 12.8 Å². The third kappa shape index (κ3) is 7.76. The number of hydrogen-bond donors (Lipinski definition) is 3. The van der Waals surface area contributed by atoms with Gasteiger partial charge in [0.2, 0.25) is 0 Å². The highest BCUT2D eigenvalue weighted by atomic mass is 16.6. The van der Waals surface area contributed by atoms with Crippen molar-refractivity contribution in [1.29, 1.82) is 0 Å². The van der Waals surface area contributed by atoms with E-state index in [2.05, 4.69) is 10.6 Å². The Morgan fingerprint density at radius 2 is 1.88 bits per heavy atom. The number of nitro benzene ring substituents is 1. The van der Waals surface area contributed by atoms with Crippen LogP contribution in [0.3, 0.4) is 0 Å². The second-order valence-electron chi connectivity index (χ2n) is 7.12. The van der Waals surface area contributed by atoms with Crippen LogP contribution >= 0.6 is 0 Å². The molecule has 0 aliphatic rings. The zero-order chi connectivity index (χ0) is 24.4. The number of aliphatic carboxylic acids is 1. The largest absolute Gasteiger partial charge is 0.494 e. The summed E-state index contributed by atoms with van der Waals surface area (Å²) in [7, 11) is 0. The van der Waals surface area contributed by atoms with Crippen molar-refractivity contribution >= 4 is 29.5 Å². The molecule has 1 unspecified atom stereocenters. The lowest BCUT2D eigenvalue weighted by molar-refractivity contribution is -0.384. The highest BCUT2D eigenvalue weighted by Gasteiger charge is 2.20. The number of carbonyl (C=O) groups is 3. The van der Waals surface area contributed by atoms with Crippen molar-refractivity contribution in [3.8, 4) is 5.75 Å². The van der Waals surface area contributed by atoms with Crippen LogP contribution in [0.1, 0.15) is 42.6 Å². The molecule has 0 aliphatic heterocycles. The van der Waals surface area contributed by atoms with Gasteiger partial charge in [-0.1, -0.05) is 25.5 Å². The molecule has 0 spiro atoms. The van der Waals surface area contributed by atoms with Crippen LogP contribution in [0.25, 0.3) is 6.08 Å². The number of amides is 2. The minimum atomic E-state index is -1.26. The maximum absolute atomic E-state index is 12.7. The number of ether oxygens (including phenoxy) is 1. The lowest BCUT2D eigenvalue weighted by atomic mass is 10.1. The fraction of sp³-hybridized carbons (Fsp3) is 0.261. The summed E-state index contributed by atoms with van der Waals surface area (Å²) in [6, 6.07) is 10.5. The zero-order valence-corrected chi connectivity index (χ0v) is 18.2. The number of non-ortho nitro benzene ring substituents is 1. The number of nitro groups is 1. The number of rotatable bonds is 11. The Labute approximate surface area is 190 Å². The van der Waals surface area contributed by atoms with Crippen LogP contribution in [0.15, 0.2) is 54.2 Å². The van der Waals surface area contributed by atoms with Crippen LogP contribution in [-0.4, -0.2) is 40.5 Å². The van der Waals surface area contributed by atoms with Crippen LogP contribution in [-0.2, 0) is 9.59 Å². The molecule has 2 rings (SSSR count). The molecule has 2 amide bonds. The smallest absolute Gasteiger partial charge is 0.325 e. The van der Waals surface area contributed by atoms with Gasteiger partial charge in [0.25, 0.3) is 17.5 Å². The predicted molar refractivity (Wildman–Crippen MR) is 121 cm³/mol. The molecule has 33 heavy (non-hydrogen) atoms. The fourth-order valence-corrected chi connectivity index (χ4v) is 2.62. The summed E-state index contributed by atoms with van der Waals surface area (Å²) in [4.78, 5) is 46.9. The minimum absolute atomic E-state index is 0.201. The lowest BCUT2D eigenvalue weighted by Gasteiger charge is -2.14. The molecule has 10 heteroatoms. The first-order valence-corrected chi connectivity index (χ1v) is 10.2. The molecule has 0 aliphatic carbocycles. The Hall–Kier alpha value is -4.21. The summed E-state index contributed by atoms with van der Waals surface area (Å²) in [5.74, 6) is -2.14. The fourth-order valence-electron chi connectivity index (χ4n) is 2.62. The SMILES string of the molecule is CCCCOc1ccc(C(=O)NC(=Cc2cccc([N+](=O)[O-])c2)C(=O)NC(C)C(=O)O)cc1. The highest BCUT2D eigenvalue weighted by Crippen LogP contribution is 2.17. The van der Waals surface area contributed by atoms with Gasteiger partial charge in [-0.15, -0.1) is 0 Å². The summed E-state index contributed by atoms with van der Waals surface area (Å²) in [6.07, 6.45) is 3.12. The van der Waals surface area contributed by atoms with Crippen molar-refractivity contribution in [2.75, 3.05) is 6.61 Å². The minimum Gasteiger partial charge on any atom is -0.494 e. The zero-order valence-electron chi connectivity index (χ0n) is 18.2. The van der Waals surface area contributed by atoms with E-state index in [4.69, 9.17) is 9.84 Å². The van der Waals surface area contributed by atoms with E-state index >= 15 is 0 Å². The van der Waals surface area contributed by atoms with E-state index < -0.39 is 28.7 Å². The van der Waals surface area contributed by atoms with E-state index in [1.165, 1.54) is 49.4 Å². The molecule has 1 atom stereocenters. The van der Waals surface area contributed by atoms with E-state index in [0.29, 0.717) is 12.4 Å². The summed E-state index contributed by atoms with van der Waals surface area (Å²) in [6.45, 7) is 3.87. The van der Waals surface area contributed by atoms with Crippen LogP contribution in [0.2, 0.25) is 0 Å². The van der Waals surface area contributed by atoms with Gasteiger partial charge in [0.1, 0.15) is 17.5 Å². The molecular weight excluding hydrogens is 430 g/mol. The first-order chi connectivity index (χ1) is 15.7. The quantitative estimate of drug-likeness (QED) is 0.204. The molecule has 10 nitrogen and oxygen atoms in total. The highest BCUT2D eigenvalue weighted by molar-refractivity contribution is 6.06.